The molecule has 0 bridgehead atoms. The molecule has 0 spiro atoms. The van der Waals surface area contributed by atoms with E-state index < -0.39 is 0 Å². The number of H-pyrrole nitrogens is 1. The number of aryl methyl sites for hydroxylation is 1. The van der Waals surface area contributed by atoms with Crippen molar-refractivity contribution in [1.29, 1.82) is 0 Å². The summed E-state index contributed by atoms with van der Waals surface area (Å²) in [6.45, 7) is 3.47. The number of para-hydroxylation sites is 1. The van der Waals surface area contributed by atoms with Crippen LogP contribution in [-0.4, -0.2) is 15.6 Å². The fourth-order valence-electron chi connectivity index (χ4n) is 1.83. The quantitative estimate of drug-likeness (QED) is 0.663. The second-order valence-electron chi connectivity index (χ2n) is 3.95. The summed E-state index contributed by atoms with van der Waals surface area (Å²) < 4.78 is 1.38. The Bertz CT molecular complexity index is 648. The highest BCUT2D eigenvalue weighted by atomic mass is 16.2. The summed E-state index contributed by atoms with van der Waals surface area (Å²) in [6, 6.07) is 9.16. The SMILES string of the molecule is CC=CC(=O)c1c(C)[nH]n(-c2ccccc2)c1=O. The molecule has 0 amide bonds. The highest BCUT2D eigenvalue weighted by Crippen LogP contribution is 2.07. The first-order valence-electron chi connectivity index (χ1n) is 5.69. The number of carbonyl (C=O) groups excluding carboxylic acids is 1. The van der Waals surface area contributed by atoms with Crippen molar-refractivity contribution in [3.05, 3.63) is 64.1 Å². The molecule has 1 aromatic carbocycles. The van der Waals surface area contributed by atoms with Crippen LogP contribution in [0.25, 0.3) is 5.69 Å². The zero-order chi connectivity index (χ0) is 13.1. The van der Waals surface area contributed by atoms with Gasteiger partial charge in [-0.15, -0.1) is 0 Å². The number of carbonyl (C=O) groups is 1. The maximum absolute atomic E-state index is 12.2. The van der Waals surface area contributed by atoms with Crippen molar-refractivity contribution < 1.29 is 4.79 Å². The lowest BCUT2D eigenvalue weighted by atomic mass is 10.1. The smallest absolute Gasteiger partial charge is 0.282 e. The molecule has 0 unspecified atom stereocenters. The van der Waals surface area contributed by atoms with Gasteiger partial charge < -0.3 is 0 Å². The summed E-state index contributed by atoms with van der Waals surface area (Å²) in [6.07, 6.45) is 3.02. The van der Waals surface area contributed by atoms with Gasteiger partial charge in [0.15, 0.2) is 5.78 Å². The van der Waals surface area contributed by atoms with Crippen LogP contribution in [0.15, 0.2) is 47.3 Å². The van der Waals surface area contributed by atoms with Crippen LogP contribution in [0, 0.1) is 6.92 Å². The first kappa shape index (κ1) is 12.1. The van der Waals surface area contributed by atoms with Crippen LogP contribution in [-0.2, 0) is 0 Å². The lowest BCUT2D eigenvalue weighted by Crippen LogP contribution is -2.19. The van der Waals surface area contributed by atoms with Crippen molar-refractivity contribution in [2.24, 2.45) is 0 Å². The third-order valence-corrected chi connectivity index (χ3v) is 2.65. The largest absolute Gasteiger partial charge is 0.295 e. The summed E-state index contributed by atoms with van der Waals surface area (Å²) in [5.41, 5.74) is 1.16. The van der Waals surface area contributed by atoms with E-state index in [9.17, 15) is 9.59 Å². The topological polar surface area (TPSA) is 54.9 Å². The van der Waals surface area contributed by atoms with E-state index in [-0.39, 0.29) is 16.9 Å². The Morgan fingerprint density at radius 1 is 1.28 bits per heavy atom. The van der Waals surface area contributed by atoms with Crippen LogP contribution < -0.4 is 5.56 Å². The molecule has 0 fully saturated rings. The van der Waals surface area contributed by atoms with Gasteiger partial charge in [0.25, 0.3) is 5.56 Å². The van der Waals surface area contributed by atoms with E-state index >= 15 is 0 Å². The van der Waals surface area contributed by atoms with Crippen molar-refractivity contribution in [3.63, 3.8) is 0 Å². The fourth-order valence-corrected chi connectivity index (χ4v) is 1.83. The molecule has 0 saturated carbocycles. The summed E-state index contributed by atoms with van der Waals surface area (Å²) in [5, 5.41) is 2.92. The van der Waals surface area contributed by atoms with Gasteiger partial charge in [0, 0.05) is 5.69 Å². The van der Waals surface area contributed by atoms with Crippen LogP contribution in [0.3, 0.4) is 0 Å². The average Bonchev–Trinajstić information content (AvgIpc) is 2.66. The Morgan fingerprint density at radius 3 is 2.56 bits per heavy atom. The summed E-state index contributed by atoms with van der Waals surface area (Å²) >= 11 is 0. The van der Waals surface area contributed by atoms with Gasteiger partial charge in [-0.2, -0.15) is 0 Å². The van der Waals surface area contributed by atoms with Gasteiger partial charge in [-0.05, 0) is 32.1 Å². The molecule has 2 rings (SSSR count). The minimum absolute atomic E-state index is 0.192. The third-order valence-electron chi connectivity index (χ3n) is 2.65. The first-order valence-corrected chi connectivity index (χ1v) is 5.69. The van der Waals surface area contributed by atoms with E-state index in [0.29, 0.717) is 11.4 Å². The van der Waals surface area contributed by atoms with Crippen molar-refractivity contribution >= 4 is 5.78 Å². The van der Waals surface area contributed by atoms with E-state index in [1.54, 1.807) is 32.1 Å². The van der Waals surface area contributed by atoms with Crippen molar-refractivity contribution in [2.75, 3.05) is 0 Å². The number of nitrogens with zero attached hydrogens (tertiary/aromatic N) is 1. The van der Waals surface area contributed by atoms with E-state index in [4.69, 9.17) is 0 Å². The predicted octanol–water partition coefficient (Wildman–Crippen LogP) is 2.23. The standard InChI is InChI=1S/C14H14N2O2/c1-3-7-12(17)13-10(2)15-16(14(13)18)11-8-5-4-6-9-11/h3-9,15H,1-2H3. The fraction of sp³-hybridized carbons (Fsp3) is 0.143. The molecule has 0 aliphatic carbocycles. The number of rotatable bonds is 3. The van der Waals surface area contributed by atoms with E-state index in [1.807, 2.05) is 18.2 Å². The van der Waals surface area contributed by atoms with Gasteiger partial charge >= 0.3 is 0 Å². The van der Waals surface area contributed by atoms with Gasteiger partial charge in [-0.1, -0.05) is 24.3 Å². The maximum Gasteiger partial charge on any atom is 0.282 e. The molecule has 1 N–H and O–H groups in total. The van der Waals surface area contributed by atoms with Gasteiger partial charge in [-0.3, -0.25) is 14.7 Å². The lowest BCUT2D eigenvalue weighted by Gasteiger charge is -1.99. The molecule has 0 radical (unpaired) electrons. The van der Waals surface area contributed by atoms with Crippen molar-refractivity contribution in [2.45, 2.75) is 13.8 Å². The lowest BCUT2D eigenvalue weighted by molar-refractivity contribution is 0.104. The third kappa shape index (κ3) is 2.05. The monoisotopic (exact) mass is 242 g/mol. The van der Waals surface area contributed by atoms with Crippen LogP contribution >= 0.6 is 0 Å². The number of nitrogens with one attached hydrogen (secondary N) is 1. The zero-order valence-electron chi connectivity index (χ0n) is 10.3. The Labute approximate surface area is 105 Å². The van der Waals surface area contributed by atoms with E-state index in [0.717, 1.165) is 0 Å². The molecular weight excluding hydrogens is 228 g/mol. The molecule has 0 atom stereocenters. The first-order chi connectivity index (χ1) is 8.65. The molecule has 4 heteroatoms. The van der Waals surface area contributed by atoms with Crippen LogP contribution in [0.4, 0.5) is 0 Å². The van der Waals surface area contributed by atoms with E-state index in [2.05, 4.69) is 5.10 Å². The van der Waals surface area contributed by atoms with E-state index in [1.165, 1.54) is 10.8 Å². The summed E-state index contributed by atoms with van der Waals surface area (Å²) in [5.74, 6) is -0.272. The Morgan fingerprint density at radius 2 is 1.94 bits per heavy atom. The molecule has 4 nitrogen and oxygen atoms in total. The second-order valence-corrected chi connectivity index (χ2v) is 3.95. The molecule has 2 aromatic rings. The number of hydrogen-bond acceptors (Lipinski definition) is 2. The minimum Gasteiger partial charge on any atom is -0.295 e. The van der Waals surface area contributed by atoms with Crippen molar-refractivity contribution in [3.8, 4) is 5.69 Å². The van der Waals surface area contributed by atoms with Crippen LogP contribution in [0.5, 0.6) is 0 Å². The normalized spacial score (nSPS) is 11.0. The number of ketones is 1. The van der Waals surface area contributed by atoms with Gasteiger partial charge in [0.2, 0.25) is 0 Å². The number of aromatic amines is 1. The highest BCUT2D eigenvalue weighted by Gasteiger charge is 2.16. The molecule has 0 aliphatic rings. The summed E-state index contributed by atoms with van der Waals surface area (Å²) in [7, 11) is 0. The molecule has 1 aromatic heterocycles. The predicted molar refractivity (Wildman–Crippen MR) is 70.3 cm³/mol. The van der Waals surface area contributed by atoms with Gasteiger partial charge in [0.05, 0.1) is 5.69 Å². The number of benzene rings is 1. The minimum atomic E-state index is -0.318. The molecule has 18 heavy (non-hydrogen) atoms. The van der Waals surface area contributed by atoms with Gasteiger partial charge in [-0.25, -0.2) is 4.68 Å². The van der Waals surface area contributed by atoms with Gasteiger partial charge in [0.1, 0.15) is 5.56 Å². The van der Waals surface area contributed by atoms with Crippen LogP contribution in [0.1, 0.15) is 23.0 Å². The highest BCUT2D eigenvalue weighted by molar-refractivity contribution is 6.05. The zero-order valence-corrected chi connectivity index (χ0v) is 10.3. The summed E-state index contributed by atoms with van der Waals surface area (Å²) in [4.78, 5) is 24.0. The molecular formula is C14H14N2O2. The Balaban J connectivity index is 2.58. The molecule has 1 heterocycles. The Hall–Kier alpha value is -2.36. The molecule has 0 saturated heterocycles. The molecule has 92 valence electrons. The van der Waals surface area contributed by atoms with Crippen LogP contribution in [0.2, 0.25) is 0 Å². The number of aromatic nitrogens is 2. The number of allylic oxidation sites excluding steroid dienone is 2. The maximum atomic E-state index is 12.2. The molecule has 0 aliphatic heterocycles. The number of hydrogen-bond donors (Lipinski definition) is 1. The Kier molecular flexibility index (Phi) is 3.28. The average molecular weight is 242 g/mol. The van der Waals surface area contributed by atoms with Crippen molar-refractivity contribution in [1.82, 2.24) is 9.78 Å². The second kappa shape index (κ2) is 4.87.